The second-order valence-electron chi connectivity index (χ2n) is 6.52. The van der Waals surface area contributed by atoms with Crippen LogP contribution in [0.1, 0.15) is 31.6 Å². The molecule has 0 radical (unpaired) electrons. The molecule has 3 heterocycles. The minimum atomic E-state index is -0.0687. The molecule has 4 rings (SSSR count). The summed E-state index contributed by atoms with van der Waals surface area (Å²) in [4.78, 5) is 14.4. The molecular formula is C14H21N5O2. The van der Waals surface area contributed by atoms with E-state index in [0.717, 1.165) is 32.5 Å². The van der Waals surface area contributed by atoms with E-state index in [1.54, 1.807) is 0 Å². The lowest BCUT2D eigenvalue weighted by atomic mass is 9.95. The van der Waals surface area contributed by atoms with Crippen LogP contribution in [0.2, 0.25) is 0 Å². The van der Waals surface area contributed by atoms with E-state index in [1.807, 2.05) is 0 Å². The maximum Gasteiger partial charge on any atom is 0.322 e. The van der Waals surface area contributed by atoms with Crippen molar-refractivity contribution in [3.8, 4) is 0 Å². The molecule has 1 aromatic heterocycles. The zero-order valence-electron chi connectivity index (χ0n) is 12.2. The van der Waals surface area contributed by atoms with Crippen LogP contribution in [0, 0.1) is 11.8 Å². The highest BCUT2D eigenvalue weighted by Gasteiger charge is 2.42. The third-order valence-electron chi connectivity index (χ3n) is 5.02. The number of amides is 1. The van der Waals surface area contributed by atoms with Gasteiger partial charge in [0.25, 0.3) is 0 Å². The fourth-order valence-corrected chi connectivity index (χ4v) is 3.59. The van der Waals surface area contributed by atoms with Crippen molar-refractivity contribution < 1.29 is 9.21 Å². The van der Waals surface area contributed by atoms with Crippen LogP contribution < -0.4 is 10.6 Å². The predicted octanol–water partition coefficient (Wildman–Crippen LogP) is 0.425. The number of fused-ring (bicyclic) bond motifs is 1. The molecule has 1 amide bonds. The van der Waals surface area contributed by atoms with Gasteiger partial charge >= 0.3 is 6.01 Å². The van der Waals surface area contributed by atoms with Gasteiger partial charge in [-0.15, -0.1) is 5.10 Å². The monoisotopic (exact) mass is 291 g/mol. The summed E-state index contributed by atoms with van der Waals surface area (Å²) in [6.45, 7) is 5.74. The highest BCUT2D eigenvalue weighted by atomic mass is 16.4. The summed E-state index contributed by atoms with van der Waals surface area (Å²) < 4.78 is 5.46. The number of carbonyl (C=O) groups is 1. The van der Waals surface area contributed by atoms with Crippen LogP contribution in [-0.2, 0) is 4.79 Å². The molecule has 1 aliphatic carbocycles. The Morgan fingerprint density at radius 3 is 3.05 bits per heavy atom. The Morgan fingerprint density at radius 1 is 1.43 bits per heavy atom. The van der Waals surface area contributed by atoms with Crippen LogP contribution in [0.25, 0.3) is 0 Å². The number of nitrogens with one attached hydrogen (secondary N) is 2. The standard InChI is InChI=1S/C14H21N5O2/c1-8-11-5-15-4-10(11)6-19(8)7-12(20)16-14-18-17-13(21-14)9-2-3-9/h8-11,15H,2-7H2,1H3,(H,16,18,20). The predicted molar refractivity (Wildman–Crippen MR) is 75.8 cm³/mol. The molecule has 7 nitrogen and oxygen atoms in total. The van der Waals surface area contributed by atoms with Gasteiger partial charge in [0, 0.05) is 18.5 Å². The Labute approximate surface area is 123 Å². The van der Waals surface area contributed by atoms with Crippen molar-refractivity contribution in [2.24, 2.45) is 11.8 Å². The van der Waals surface area contributed by atoms with E-state index in [0.29, 0.717) is 36.2 Å². The van der Waals surface area contributed by atoms with Crippen LogP contribution in [0.15, 0.2) is 4.42 Å². The van der Waals surface area contributed by atoms with Crippen LogP contribution in [0.5, 0.6) is 0 Å². The molecule has 3 atom stereocenters. The number of anilines is 1. The van der Waals surface area contributed by atoms with Crippen LogP contribution in [0.4, 0.5) is 6.01 Å². The summed E-state index contributed by atoms with van der Waals surface area (Å²) in [6, 6.07) is 0.677. The Hall–Kier alpha value is -1.47. The van der Waals surface area contributed by atoms with E-state index >= 15 is 0 Å². The van der Waals surface area contributed by atoms with Gasteiger partial charge in [0.2, 0.25) is 11.8 Å². The molecule has 2 N–H and O–H groups in total. The Bertz CT molecular complexity index is 541. The average molecular weight is 291 g/mol. The number of aromatic nitrogens is 2. The van der Waals surface area contributed by atoms with Crippen molar-refractivity contribution in [1.82, 2.24) is 20.4 Å². The summed E-state index contributed by atoms with van der Waals surface area (Å²) in [5.41, 5.74) is 0. The minimum absolute atomic E-state index is 0.0687. The molecule has 3 aliphatic rings. The molecule has 1 saturated carbocycles. The minimum Gasteiger partial charge on any atom is -0.408 e. The SMILES string of the molecule is CC1C2CNCC2CN1CC(=O)Nc1nnc(C2CC2)o1. The largest absolute Gasteiger partial charge is 0.408 e. The van der Waals surface area contributed by atoms with Gasteiger partial charge in [0.1, 0.15) is 0 Å². The highest BCUT2D eigenvalue weighted by molar-refractivity contribution is 5.90. The fraction of sp³-hybridized carbons (Fsp3) is 0.786. The highest BCUT2D eigenvalue weighted by Crippen LogP contribution is 2.39. The molecule has 2 saturated heterocycles. The Balaban J connectivity index is 1.33. The molecule has 0 aromatic carbocycles. The van der Waals surface area contributed by atoms with Gasteiger partial charge in [-0.05, 0) is 44.7 Å². The lowest BCUT2D eigenvalue weighted by Gasteiger charge is -2.23. The zero-order valence-corrected chi connectivity index (χ0v) is 12.2. The number of rotatable bonds is 4. The van der Waals surface area contributed by atoms with Gasteiger partial charge in [-0.3, -0.25) is 15.0 Å². The van der Waals surface area contributed by atoms with Gasteiger partial charge < -0.3 is 9.73 Å². The number of hydrogen-bond donors (Lipinski definition) is 2. The van der Waals surface area contributed by atoms with Gasteiger partial charge in [0.05, 0.1) is 6.54 Å². The molecule has 114 valence electrons. The van der Waals surface area contributed by atoms with Crippen molar-refractivity contribution in [3.05, 3.63) is 5.89 Å². The molecule has 3 fully saturated rings. The van der Waals surface area contributed by atoms with Crippen molar-refractivity contribution in [3.63, 3.8) is 0 Å². The van der Waals surface area contributed by atoms with Crippen molar-refractivity contribution in [2.45, 2.75) is 31.7 Å². The Kier molecular flexibility index (Phi) is 3.19. The molecule has 7 heteroatoms. The smallest absolute Gasteiger partial charge is 0.322 e. The first-order valence-electron chi connectivity index (χ1n) is 7.78. The topological polar surface area (TPSA) is 83.3 Å². The molecule has 2 aliphatic heterocycles. The second-order valence-corrected chi connectivity index (χ2v) is 6.52. The summed E-state index contributed by atoms with van der Waals surface area (Å²) >= 11 is 0. The van der Waals surface area contributed by atoms with Gasteiger partial charge in [-0.2, -0.15) is 0 Å². The van der Waals surface area contributed by atoms with E-state index in [-0.39, 0.29) is 11.9 Å². The maximum atomic E-state index is 12.1. The Morgan fingerprint density at radius 2 is 2.29 bits per heavy atom. The zero-order chi connectivity index (χ0) is 14.4. The average Bonchev–Trinajstić information content (AvgIpc) is 2.90. The first-order chi connectivity index (χ1) is 10.2. The van der Waals surface area contributed by atoms with E-state index in [4.69, 9.17) is 4.42 Å². The van der Waals surface area contributed by atoms with E-state index in [1.165, 1.54) is 0 Å². The number of hydrogen-bond acceptors (Lipinski definition) is 6. The molecular weight excluding hydrogens is 270 g/mol. The van der Waals surface area contributed by atoms with E-state index < -0.39 is 0 Å². The molecule has 0 spiro atoms. The first kappa shape index (κ1) is 13.2. The van der Waals surface area contributed by atoms with Crippen LogP contribution in [0.3, 0.4) is 0 Å². The van der Waals surface area contributed by atoms with E-state index in [2.05, 4.69) is 32.7 Å². The number of carbonyl (C=O) groups excluding carboxylic acids is 1. The molecule has 21 heavy (non-hydrogen) atoms. The van der Waals surface area contributed by atoms with Crippen LogP contribution >= 0.6 is 0 Å². The number of nitrogens with zero attached hydrogens (tertiary/aromatic N) is 3. The van der Waals surface area contributed by atoms with Crippen LogP contribution in [-0.4, -0.2) is 53.2 Å². The normalized spacial score (nSPS) is 32.3. The number of likely N-dealkylation sites (tertiary alicyclic amines) is 1. The summed E-state index contributed by atoms with van der Waals surface area (Å²) in [6.07, 6.45) is 2.22. The third-order valence-corrected chi connectivity index (χ3v) is 5.02. The summed E-state index contributed by atoms with van der Waals surface area (Å²) in [5, 5.41) is 14.0. The second kappa shape index (κ2) is 5.06. The van der Waals surface area contributed by atoms with Crippen molar-refractivity contribution in [1.29, 1.82) is 0 Å². The van der Waals surface area contributed by atoms with Crippen molar-refractivity contribution >= 4 is 11.9 Å². The summed E-state index contributed by atoms with van der Waals surface area (Å²) in [5.74, 6) is 2.34. The molecule has 0 bridgehead atoms. The first-order valence-corrected chi connectivity index (χ1v) is 7.78. The lowest BCUT2D eigenvalue weighted by Crippen LogP contribution is -2.38. The van der Waals surface area contributed by atoms with E-state index in [9.17, 15) is 4.79 Å². The maximum absolute atomic E-state index is 12.1. The quantitative estimate of drug-likeness (QED) is 0.837. The third kappa shape index (κ3) is 2.55. The van der Waals surface area contributed by atoms with Crippen molar-refractivity contribution in [2.75, 3.05) is 31.5 Å². The lowest BCUT2D eigenvalue weighted by molar-refractivity contribution is -0.117. The molecule has 1 aromatic rings. The fourth-order valence-electron chi connectivity index (χ4n) is 3.59. The molecule has 3 unspecified atom stereocenters. The van der Waals surface area contributed by atoms with Gasteiger partial charge in [0.15, 0.2) is 0 Å². The van der Waals surface area contributed by atoms with Gasteiger partial charge in [-0.25, -0.2) is 0 Å². The summed E-state index contributed by atoms with van der Waals surface area (Å²) in [7, 11) is 0. The van der Waals surface area contributed by atoms with Gasteiger partial charge in [-0.1, -0.05) is 5.10 Å².